The quantitative estimate of drug-likeness (QED) is 0.0376. The summed E-state index contributed by atoms with van der Waals surface area (Å²) >= 11 is 0. The Labute approximate surface area is 360 Å². The predicted octanol–water partition coefficient (Wildman–Crippen LogP) is 16.5. The van der Waals surface area contributed by atoms with Crippen molar-refractivity contribution < 1.29 is 24.2 Å². The van der Waals surface area contributed by atoms with Gasteiger partial charge in [0.25, 0.3) is 0 Å². The lowest BCUT2D eigenvalue weighted by Crippen LogP contribution is -2.28. The third-order valence-corrected chi connectivity index (χ3v) is 11.1. The number of rotatable bonds is 46. The van der Waals surface area contributed by atoms with E-state index < -0.39 is 6.10 Å². The molecule has 0 aliphatic carbocycles. The van der Waals surface area contributed by atoms with Crippen molar-refractivity contribution >= 4 is 11.9 Å². The normalized spacial score (nSPS) is 12.5. The fraction of sp³-hybridized carbons (Fsp3) is 0.811. The summed E-state index contributed by atoms with van der Waals surface area (Å²) in [6.07, 6.45) is 64.0. The Balaban J connectivity index is 3.35. The molecule has 338 valence electrons. The standard InChI is InChI=1S/C53H96O5/c1-3-5-7-9-11-12-13-14-15-16-17-18-19-20-21-22-23-24-25-26-27-28-29-30-31-32-33-34-35-36-37-38-39-40-42-44-46-48-53(56)58-51(49-54)50-57-52(55)47-45-43-41-10-8-6-4-2/h5,7,11-12,14-15,17-18,51,54H,3-4,6,8-10,13,16,19-50H2,1-2H3/b7-5-,12-11-,15-14-,18-17-. The van der Waals surface area contributed by atoms with E-state index in [4.69, 9.17) is 9.47 Å². The molecule has 0 radical (unpaired) electrons. The summed E-state index contributed by atoms with van der Waals surface area (Å²) in [6.45, 7) is 3.99. The van der Waals surface area contributed by atoms with E-state index in [-0.39, 0.29) is 25.2 Å². The van der Waals surface area contributed by atoms with Gasteiger partial charge in [-0.05, 0) is 51.4 Å². The zero-order valence-corrected chi connectivity index (χ0v) is 38.6. The lowest BCUT2D eigenvalue weighted by Gasteiger charge is -2.15. The summed E-state index contributed by atoms with van der Waals surface area (Å²) in [5, 5.41) is 9.54. The maximum atomic E-state index is 12.2. The number of ether oxygens (including phenoxy) is 2. The topological polar surface area (TPSA) is 72.8 Å². The minimum Gasteiger partial charge on any atom is -0.462 e. The molecular weight excluding hydrogens is 717 g/mol. The second-order valence-electron chi connectivity index (χ2n) is 16.9. The van der Waals surface area contributed by atoms with Crippen LogP contribution in [0.4, 0.5) is 0 Å². The third-order valence-electron chi connectivity index (χ3n) is 11.1. The van der Waals surface area contributed by atoms with Crippen LogP contribution in [-0.4, -0.2) is 36.4 Å². The number of aliphatic hydroxyl groups excluding tert-OH is 1. The van der Waals surface area contributed by atoms with E-state index in [1.54, 1.807) is 0 Å². The fourth-order valence-electron chi connectivity index (χ4n) is 7.37. The highest BCUT2D eigenvalue weighted by Crippen LogP contribution is 2.17. The molecule has 0 aliphatic heterocycles. The van der Waals surface area contributed by atoms with Gasteiger partial charge in [0.15, 0.2) is 6.10 Å². The summed E-state index contributed by atoms with van der Waals surface area (Å²) < 4.78 is 10.6. The summed E-state index contributed by atoms with van der Waals surface area (Å²) in [7, 11) is 0. The first-order valence-electron chi connectivity index (χ1n) is 25.2. The molecule has 1 N–H and O–H groups in total. The van der Waals surface area contributed by atoms with E-state index in [2.05, 4.69) is 62.5 Å². The van der Waals surface area contributed by atoms with Crippen LogP contribution in [0.15, 0.2) is 48.6 Å². The molecule has 0 spiro atoms. The van der Waals surface area contributed by atoms with Crippen molar-refractivity contribution in [2.45, 2.75) is 264 Å². The Morgan fingerprint density at radius 1 is 0.414 bits per heavy atom. The molecule has 1 atom stereocenters. The average Bonchev–Trinajstić information content (AvgIpc) is 3.23. The maximum absolute atomic E-state index is 12.2. The number of unbranched alkanes of at least 4 members (excludes halogenated alkanes) is 30. The lowest BCUT2D eigenvalue weighted by atomic mass is 10.0. The first-order chi connectivity index (χ1) is 28.6. The minimum absolute atomic E-state index is 0.0614. The minimum atomic E-state index is -0.764. The number of hydrogen-bond acceptors (Lipinski definition) is 5. The van der Waals surface area contributed by atoms with Crippen LogP contribution < -0.4 is 0 Å². The number of hydrogen-bond donors (Lipinski definition) is 1. The number of aliphatic hydroxyl groups is 1. The molecule has 0 saturated heterocycles. The van der Waals surface area contributed by atoms with Crippen LogP contribution in [-0.2, 0) is 19.1 Å². The molecule has 0 rings (SSSR count). The smallest absolute Gasteiger partial charge is 0.306 e. The van der Waals surface area contributed by atoms with E-state index in [1.165, 1.54) is 167 Å². The molecule has 0 aromatic rings. The van der Waals surface area contributed by atoms with Crippen molar-refractivity contribution in [3.8, 4) is 0 Å². The van der Waals surface area contributed by atoms with Crippen molar-refractivity contribution in [3.63, 3.8) is 0 Å². The molecule has 5 nitrogen and oxygen atoms in total. The highest BCUT2D eigenvalue weighted by atomic mass is 16.6. The van der Waals surface area contributed by atoms with Gasteiger partial charge in [-0.2, -0.15) is 0 Å². The monoisotopic (exact) mass is 813 g/mol. The molecule has 0 bridgehead atoms. The van der Waals surface area contributed by atoms with Gasteiger partial charge < -0.3 is 14.6 Å². The molecule has 58 heavy (non-hydrogen) atoms. The van der Waals surface area contributed by atoms with Gasteiger partial charge in [-0.15, -0.1) is 0 Å². The Morgan fingerprint density at radius 3 is 1.12 bits per heavy atom. The molecule has 0 heterocycles. The van der Waals surface area contributed by atoms with Crippen molar-refractivity contribution in [3.05, 3.63) is 48.6 Å². The maximum Gasteiger partial charge on any atom is 0.306 e. The van der Waals surface area contributed by atoms with Crippen LogP contribution in [0, 0.1) is 0 Å². The Bertz CT molecular complexity index is 966. The Hall–Kier alpha value is -2.14. The molecule has 5 heteroatoms. The zero-order chi connectivity index (χ0) is 42.1. The molecule has 0 aromatic heterocycles. The van der Waals surface area contributed by atoms with Gasteiger partial charge in [0.05, 0.1) is 6.61 Å². The molecular formula is C53H96O5. The van der Waals surface area contributed by atoms with Crippen LogP contribution in [0.5, 0.6) is 0 Å². The SMILES string of the molecule is CC/C=C\C/C=C\C/C=C\C/C=C\CCCCCCCCCCCCCCCCCCCCCCCCCCC(=O)OC(CO)COC(=O)CCCCCCCCC. The van der Waals surface area contributed by atoms with E-state index in [0.717, 1.165) is 64.2 Å². The van der Waals surface area contributed by atoms with E-state index in [1.807, 2.05) is 0 Å². The first-order valence-corrected chi connectivity index (χ1v) is 25.2. The third kappa shape index (κ3) is 46.5. The first kappa shape index (κ1) is 55.9. The lowest BCUT2D eigenvalue weighted by molar-refractivity contribution is -0.161. The van der Waals surface area contributed by atoms with Gasteiger partial charge in [0, 0.05) is 12.8 Å². The zero-order valence-electron chi connectivity index (χ0n) is 38.6. The second kappa shape index (κ2) is 49.2. The predicted molar refractivity (Wildman–Crippen MR) is 251 cm³/mol. The van der Waals surface area contributed by atoms with E-state index in [0.29, 0.717) is 12.8 Å². The molecule has 0 saturated carbocycles. The molecule has 0 aliphatic rings. The number of carbonyl (C=O) groups is 2. The summed E-state index contributed by atoms with van der Waals surface area (Å²) in [5.74, 6) is -0.587. The van der Waals surface area contributed by atoms with Crippen LogP contribution >= 0.6 is 0 Å². The van der Waals surface area contributed by atoms with Gasteiger partial charge in [0.1, 0.15) is 6.61 Å². The summed E-state index contributed by atoms with van der Waals surface area (Å²) in [6, 6.07) is 0. The molecule has 1 unspecified atom stereocenters. The van der Waals surface area contributed by atoms with Gasteiger partial charge in [-0.25, -0.2) is 0 Å². The molecule has 0 amide bonds. The van der Waals surface area contributed by atoms with Gasteiger partial charge >= 0.3 is 11.9 Å². The van der Waals surface area contributed by atoms with Crippen molar-refractivity contribution in [2.24, 2.45) is 0 Å². The molecule has 0 aromatic carbocycles. The van der Waals surface area contributed by atoms with Crippen LogP contribution in [0.1, 0.15) is 258 Å². The summed E-state index contributed by atoms with van der Waals surface area (Å²) in [5.41, 5.74) is 0. The summed E-state index contributed by atoms with van der Waals surface area (Å²) in [4.78, 5) is 24.2. The van der Waals surface area contributed by atoms with E-state index >= 15 is 0 Å². The average molecular weight is 813 g/mol. The molecule has 0 fully saturated rings. The number of esters is 2. The fourth-order valence-corrected chi connectivity index (χ4v) is 7.37. The van der Waals surface area contributed by atoms with Crippen molar-refractivity contribution in [2.75, 3.05) is 13.2 Å². The highest BCUT2D eigenvalue weighted by molar-refractivity contribution is 5.70. The van der Waals surface area contributed by atoms with Crippen molar-refractivity contribution in [1.29, 1.82) is 0 Å². The second-order valence-corrected chi connectivity index (χ2v) is 16.9. The van der Waals surface area contributed by atoms with Crippen LogP contribution in [0.3, 0.4) is 0 Å². The van der Waals surface area contributed by atoms with E-state index in [9.17, 15) is 14.7 Å². The number of carbonyl (C=O) groups excluding carboxylic acids is 2. The highest BCUT2D eigenvalue weighted by Gasteiger charge is 2.16. The largest absolute Gasteiger partial charge is 0.462 e. The Morgan fingerprint density at radius 2 is 0.741 bits per heavy atom. The van der Waals surface area contributed by atoms with Crippen molar-refractivity contribution in [1.82, 2.24) is 0 Å². The van der Waals surface area contributed by atoms with Gasteiger partial charge in [-0.3, -0.25) is 9.59 Å². The Kier molecular flexibility index (Phi) is 47.4. The van der Waals surface area contributed by atoms with Gasteiger partial charge in [-0.1, -0.05) is 242 Å². The van der Waals surface area contributed by atoms with Crippen LogP contribution in [0.25, 0.3) is 0 Å². The number of allylic oxidation sites excluding steroid dienone is 8. The van der Waals surface area contributed by atoms with Crippen LogP contribution in [0.2, 0.25) is 0 Å². The van der Waals surface area contributed by atoms with Gasteiger partial charge in [0.2, 0.25) is 0 Å².